The van der Waals surface area contributed by atoms with Crippen LogP contribution >= 0.6 is 0 Å². The van der Waals surface area contributed by atoms with Gasteiger partial charge in [-0.3, -0.25) is 4.79 Å². The third kappa shape index (κ3) is 4.62. The Morgan fingerprint density at radius 2 is 1.62 bits per heavy atom. The second kappa shape index (κ2) is 8.69. The maximum atomic E-state index is 12.2. The van der Waals surface area contributed by atoms with Crippen LogP contribution in [-0.4, -0.2) is 5.97 Å². The van der Waals surface area contributed by atoms with Crippen molar-refractivity contribution < 1.29 is 9.53 Å². The van der Waals surface area contributed by atoms with E-state index in [4.69, 9.17) is 4.74 Å². The van der Waals surface area contributed by atoms with E-state index in [1.807, 2.05) is 12.1 Å². The summed E-state index contributed by atoms with van der Waals surface area (Å²) in [5.41, 5.74) is 1.42. The van der Waals surface area contributed by atoms with Crippen LogP contribution in [0.4, 0.5) is 0 Å². The molecule has 0 bridgehead atoms. The van der Waals surface area contributed by atoms with Crippen LogP contribution in [0.1, 0.15) is 89.0 Å². The maximum absolute atomic E-state index is 12.2. The predicted molar refractivity (Wildman–Crippen MR) is 98.3 cm³/mol. The maximum Gasteiger partial charge on any atom is 0.314 e. The van der Waals surface area contributed by atoms with Crippen LogP contribution in [0, 0.1) is 11.8 Å². The fourth-order valence-corrected chi connectivity index (χ4v) is 4.54. The van der Waals surface area contributed by atoms with Crippen molar-refractivity contribution >= 4 is 5.97 Å². The van der Waals surface area contributed by atoms with Crippen molar-refractivity contribution in [3.8, 4) is 5.75 Å². The highest BCUT2D eigenvalue weighted by molar-refractivity contribution is 5.75. The summed E-state index contributed by atoms with van der Waals surface area (Å²) in [6, 6.07) is 8.34. The first-order chi connectivity index (χ1) is 11.8. The minimum Gasteiger partial charge on any atom is -0.426 e. The van der Waals surface area contributed by atoms with E-state index in [0.29, 0.717) is 11.7 Å². The second-order valence-electron chi connectivity index (χ2n) is 7.83. The van der Waals surface area contributed by atoms with Gasteiger partial charge in [-0.25, -0.2) is 0 Å². The summed E-state index contributed by atoms with van der Waals surface area (Å²) in [5.74, 6) is 2.45. The van der Waals surface area contributed by atoms with Crippen LogP contribution in [0.25, 0.3) is 0 Å². The van der Waals surface area contributed by atoms with E-state index in [1.165, 1.54) is 63.4 Å². The van der Waals surface area contributed by atoms with Crippen LogP contribution in [0.2, 0.25) is 0 Å². The molecule has 0 aliphatic heterocycles. The molecule has 0 heterocycles. The van der Waals surface area contributed by atoms with Gasteiger partial charge in [-0.1, -0.05) is 51.2 Å². The van der Waals surface area contributed by atoms with Crippen molar-refractivity contribution in [1.82, 2.24) is 0 Å². The number of carbonyl (C=O) groups is 1. The van der Waals surface area contributed by atoms with Gasteiger partial charge < -0.3 is 4.74 Å². The predicted octanol–water partition coefficient (Wildman–Crippen LogP) is 6.25. The van der Waals surface area contributed by atoms with E-state index >= 15 is 0 Å². The van der Waals surface area contributed by atoms with Crippen molar-refractivity contribution in [2.45, 2.75) is 83.5 Å². The molecule has 2 saturated carbocycles. The monoisotopic (exact) mass is 328 g/mol. The van der Waals surface area contributed by atoms with Crippen LogP contribution in [0.5, 0.6) is 5.75 Å². The molecular weight excluding hydrogens is 296 g/mol. The van der Waals surface area contributed by atoms with Crippen molar-refractivity contribution in [3.63, 3.8) is 0 Å². The highest BCUT2D eigenvalue weighted by Gasteiger charge is 2.24. The number of hydrogen-bond acceptors (Lipinski definition) is 2. The number of ether oxygens (including phenoxy) is 1. The van der Waals surface area contributed by atoms with Crippen LogP contribution in [0.15, 0.2) is 24.3 Å². The standard InChI is InChI=1S/C22H32O2/c1-2-6-17-9-11-18(12-10-17)19-13-15-21(16-14-19)24-22(23)20-7-4-3-5-8-20/h13-18,20H,2-12H2,1H3. The summed E-state index contributed by atoms with van der Waals surface area (Å²) < 4.78 is 5.61. The average Bonchev–Trinajstić information content (AvgIpc) is 2.64. The number of carbonyl (C=O) groups excluding carboxylic acids is 1. The lowest BCUT2D eigenvalue weighted by atomic mass is 9.77. The molecule has 2 heteroatoms. The van der Waals surface area contributed by atoms with Crippen molar-refractivity contribution in [3.05, 3.63) is 29.8 Å². The molecule has 2 fully saturated rings. The van der Waals surface area contributed by atoms with E-state index in [9.17, 15) is 4.79 Å². The number of rotatable bonds is 5. The number of esters is 1. The molecule has 0 unspecified atom stereocenters. The minimum absolute atomic E-state index is 0.0254. The Morgan fingerprint density at radius 3 is 2.25 bits per heavy atom. The zero-order valence-corrected chi connectivity index (χ0v) is 15.1. The lowest BCUT2D eigenvalue weighted by Gasteiger charge is -2.28. The molecule has 24 heavy (non-hydrogen) atoms. The first-order valence-electron chi connectivity index (χ1n) is 10.1. The largest absolute Gasteiger partial charge is 0.426 e. The molecule has 1 aromatic rings. The Balaban J connectivity index is 1.51. The highest BCUT2D eigenvalue weighted by atomic mass is 16.5. The fourth-order valence-electron chi connectivity index (χ4n) is 4.54. The molecule has 3 rings (SSSR count). The molecular formula is C22H32O2. The Morgan fingerprint density at radius 1 is 0.958 bits per heavy atom. The van der Waals surface area contributed by atoms with Crippen molar-refractivity contribution in [1.29, 1.82) is 0 Å². The molecule has 0 saturated heterocycles. The first kappa shape index (κ1) is 17.5. The highest BCUT2D eigenvalue weighted by Crippen LogP contribution is 2.38. The lowest BCUT2D eigenvalue weighted by molar-refractivity contribution is -0.139. The van der Waals surface area contributed by atoms with E-state index in [1.54, 1.807) is 0 Å². The Hall–Kier alpha value is -1.31. The van der Waals surface area contributed by atoms with Gasteiger partial charge in [0.2, 0.25) is 0 Å². The number of hydrogen-bond donors (Lipinski definition) is 0. The van der Waals surface area contributed by atoms with Gasteiger partial charge in [-0.2, -0.15) is 0 Å². The summed E-state index contributed by atoms with van der Waals surface area (Å²) in [6.07, 6.45) is 13.7. The van der Waals surface area contributed by atoms with E-state index < -0.39 is 0 Å². The minimum atomic E-state index is -0.0254. The molecule has 0 N–H and O–H groups in total. The smallest absolute Gasteiger partial charge is 0.314 e. The molecule has 1 aromatic carbocycles. The van der Waals surface area contributed by atoms with Crippen molar-refractivity contribution in [2.24, 2.45) is 11.8 Å². The first-order valence-corrected chi connectivity index (χ1v) is 10.1. The van der Waals surface area contributed by atoms with Gasteiger partial charge >= 0.3 is 5.97 Å². The molecule has 0 aromatic heterocycles. The summed E-state index contributed by atoms with van der Waals surface area (Å²) in [6.45, 7) is 2.29. The van der Waals surface area contributed by atoms with Gasteiger partial charge in [0.25, 0.3) is 0 Å². The van der Waals surface area contributed by atoms with Gasteiger partial charge in [0.15, 0.2) is 0 Å². The molecule has 132 valence electrons. The molecule has 2 aliphatic carbocycles. The lowest BCUT2D eigenvalue weighted by Crippen LogP contribution is -2.22. The zero-order chi connectivity index (χ0) is 16.8. The van der Waals surface area contributed by atoms with E-state index in [2.05, 4.69) is 19.1 Å². The topological polar surface area (TPSA) is 26.3 Å². The zero-order valence-electron chi connectivity index (χ0n) is 15.1. The van der Waals surface area contributed by atoms with E-state index in [-0.39, 0.29) is 11.9 Å². The molecule has 0 spiro atoms. The Kier molecular flexibility index (Phi) is 6.34. The van der Waals surface area contributed by atoms with Gasteiger partial charge in [0.05, 0.1) is 5.92 Å². The number of benzene rings is 1. The summed E-state index contributed by atoms with van der Waals surface area (Å²) in [4.78, 5) is 12.2. The summed E-state index contributed by atoms with van der Waals surface area (Å²) >= 11 is 0. The van der Waals surface area contributed by atoms with Gasteiger partial charge in [-0.15, -0.1) is 0 Å². The second-order valence-corrected chi connectivity index (χ2v) is 7.83. The Bertz CT molecular complexity index is 505. The van der Waals surface area contributed by atoms with Gasteiger partial charge in [0, 0.05) is 0 Å². The summed E-state index contributed by atoms with van der Waals surface area (Å²) in [7, 11) is 0. The van der Waals surface area contributed by atoms with Crippen LogP contribution < -0.4 is 4.74 Å². The fraction of sp³-hybridized carbons (Fsp3) is 0.682. The SMILES string of the molecule is CCCC1CCC(c2ccc(OC(=O)C3CCCCC3)cc2)CC1. The summed E-state index contributed by atoms with van der Waals surface area (Å²) in [5, 5.41) is 0. The molecule has 2 nitrogen and oxygen atoms in total. The molecule has 0 atom stereocenters. The molecule has 0 radical (unpaired) electrons. The third-order valence-electron chi connectivity index (χ3n) is 6.05. The van der Waals surface area contributed by atoms with Crippen LogP contribution in [-0.2, 0) is 4.79 Å². The van der Waals surface area contributed by atoms with E-state index in [0.717, 1.165) is 18.8 Å². The third-order valence-corrected chi connectivity index (χ3v) is 6.05. The Labute approximate surface area is 147 Å². The van der Waals surface area contributed by atoms with Gasteiger partial charge in [0.1, 0.15) is 5.75 Å². The van der Waals surface area contributed by atoms with Crippen LogP contribution in [0.3, 0.4) is 0 Å². The van der Waals surface area contributed by atoms with Crippen molar-refractivity contribution in [2.75, 3.05) is 0 Å². The normalized spacial score (nSPS) is 25.4. The average molecular weight is 328 g/mol. The van der Waals surface area contributed by atoms with Gasteiger partial charge in [-0.05, 0) is 68.1 Å². The molecule has 2 aliphatic rings. The molecule has 0 amide bonds. The quantitative estimate of drug-likeness (QED) is 0.472.